The average Bonchev–Trinajstić information content (AvgIpc) is 2.71. The third kappa shape index (κ3) is 1.69. The van der Waals surface area contributed by atoms with Crippen LogP contribution in [0.1, 0.15) is 16.1 Å². The monoisotopic (exact) mass is 217 g/mol. The lowest BCUT2D eigenvalue weighted by atomic mass is 10.1. The SMILES string of the molecule is COC(=O)c1noc(-c2ccccc2)c1C. The van der Waals surface area contributed by atoms with E-state index in [4.69, 9.17) is 4.52 Å². The molecular formula is C12H11NO3. The molecule has 0 saturated carbocycles. The number of ether oxygens (including phenoxy) is 1. The molecule has 0 N–H and O–H groups in total. The van der Waals surface area contributed by atoms with Gasteiger partial charge in [0, 0.05) is 11.1 Å². The molecule has 1 heterocycles. The first-order valence-corrected chi connectivity index (χ1v) is 4.84. The molecule has 0 atom stereocenters. The number of carbonyl (C=O) groups is 1. The normalized spacial score (nSPS) is 10.1. The van der Waals surface area contributed by atoms with Crippen molar-refractivity contribution < 1.29 is 14.1 Å². The second-order valence-corrected chi connectivity index (χ2v) is 3.34. The number of nitrogens with zero attached hydrogens (tertiary/aromatic N) is 1. The Hall–Kier alpha value is -2.10. The molecule has 2 aromatic rings. The molecule has 0 aliphatic rings. The number of rotatable bonds is 2. The summed E-state index contributed by atoms with van der Waals surface area (Å²) in [7, 11) is 1.32. The molecule has 0 fully saturated rings. The quantitative estimate of drug-likeness (QED) is 0.725. The fourth-order valence-electron chi connectivity index (χ4n) is 1.48. The summed E-state index contributed by atoms with van der Waals surface area (Å²) in [5, 5.41) is 3.71. The fourth-order valence-corrected chi connectivity index (χ4v) is 1.48. The van der Waals surface area contributed by atoms with Crippen LogP contribution in [0.4, 0.5) is 0 Å². The summed E-state index contributed by atoms with van der Waals surface area (Å²) < 4.78 is 9.76. The Bertz CT molecular complexity index is 502. The van der Waals surface area contributed by atoms with E-state index in [1.807, 2.05) is 30.3 Å². The van der Waals surface area contributed by atoms with E-state index in [-0.39, 0.29) is 5.69 Å². The summed E-state index contributed by atoms with van der Waals surface area (Å²) in [6.45, 7) is 1.78. The summed E-state index contributed by atoms with van der Waals surface area (Å²) in [5.41, 5.74) is 1.81. The highest BCUT2D eigenvalue weighted by Crippen LogP contribution is 2.25. The van der Waals surface area contributed by atoms with E-state index >= 15 is 0 Å². The molecule has 82 valence electrons. The van der Waals surface area contributed by atoms with Crippen LogP contribution in [-0.4, -0.2) is 18.2 Å². The minimum Gasteiger partial charge on any atom is -0.464 e. The first-order chi connectivity index (χ1) is 7.74. The molecule has 2 rings (SSSR count). The third-order valence-electron chi connectivity index (χ3n) is 2.34. The molecule has 4 heteroatoms. The minimum absolute atomic E-state index is 0.223. The topological polar surface area (TPSA) is 52.3 Å². The largest absolute Gasteiger partial charge is 0.464 e. The first-order valence-electron chi connectivity index (χ1n) is 4.84. The number of methoxy groups -OCH3 is 1. The number of esters is 1. The Balaban J connectivity index is 2.45. The highest BCUT2D eigenvalue weighted by Gasteiger charge is 2.19. The van der Waals surface area contributed by atoms with Crippen molar-refractivity contribution in [3.63, 3.8) is 0 Å². The van der Waals surface area contributed by atoms with Gasteiger partial charge in [-0.05, 0) is 6.92 Å². The van der Waals surface area contributed by atoms with E-state index in [0.717, 1.165) is 5.56 Å². The van der Waals surface area contributed by atoms with E-state index in [1.165, 1.54) is 7.11 Å². The predicted octanol–water partition coefficient (Wildman–Crippen LogP) is 2.44. The van der Waals surface area contributed by atoms with Crippen molar-refractivity contribution in [2.24, 2.45) is 0 Å². The van der Waals surface area contributed by atoms with Gasteiger partial charge in [-0.15, -0.1) is 0 Å². The van der Waals surface area contributed by atoms with Crippen molar-refractivity contribution in [2.45, 2.75) is 6.92 Å². The smallest absolute Gasteiger partial charge is 0.360 e. The van der Waals surface area contributed by atoms with E-state index in [1.54, 1.807) is 6.92 Å². The van der Waals surface area contributed by atoms with E-state index in [0.29, 0.717) is 11.3 Å². The van der Waals surface area contributed by atoms with Crippen LogP contribution in [0.5, 0.6) is 0 Å². The molecule has 0 aliphatic heterocycles. The van der Waals surface area contributed by atoms with Crippen molar-refractivity contribution in [1.82, 2.24) is 5.16 Å². The van der Waals surface area contributed by atoms with Crippen molar-refractivity contribution in [3.05, 3.63) is 41.6 Å². The third-order valence-corrected chi connectivity index (χ3v) is 2.34. The zero-order chi connectivity index (χ0) is 11.5. The maximum absolute atomic E-state index is 11.3. The summed E-state index contributed by atoms with van der Waals surface area (Å²) in [6, 6.07) is 9.50. The van der Waals surface area contributed by atoms with Gasteiger partial charge in [0.25, 0.3) is 0 Å². The van der Waals surface area contributed by atoms with Gasteiger partial charge in [0.05, 0.1) is 7.11 Å². The highest BCUT2D eigenvalue weighted by molar-refractivity contribution is 5.90. The molecule has 0 spiro atoms. The van der Waals surface area contributed by atoms with Crippen LogP contribution in [0.15, 0.2) is 34.9 Å². The van der Waals surface area contributed by atoms with Crippen molar-refractivity contribution >= 4 is 5.97 Å². The Morgan fingerprint density at radius 1 is 1.31 bits per heavy atom. The zero-order valence-corrected chi connectivity index (χ0v) is 9.06. The number of carbonyl (C=O) groups excluding carboxylic acids is 1. The second kappa shape index (κ2) is 4.18. The number of hydrogen-bond acceptors (Lipinski definition) is 4. The van der Waals surface area contributed by atoms with Gasteiger partial charge in [-0.25, -0.2) is 4.79 Å². The first kappa shape index (κ1) is 10.4. The summed E-state index contributed by atoms with van der Waals surface area (Å²) >= 11 is 0. The maximum atomic E-state index is 11.3. The van der Waals surface area contributed by atoms with Crippen LogP contribution in [0, 0.1) is 6.92 Å². The second-order valence-electron chi connectivity index (χ2n) is 3.34. The fraction of sp³-hybridized carbons (Fsp3) is 0.167. The standard InChI is InChI=1S/C12H11NO3/c1-8-10(12(14)15-2)13-16-11(8)9-6-4-3-5-7-9/h3-7H,1-2H3. The summed E-state index contributed by atoms with van der Waals surface area (Å²) in [4.78, 5) is 11.3. The molecule has 1 aromatic heterocycles. The summed E-state index contributed by atoms with van der Waals surface area (Å²) in [6.07, 6.45) is 0. The van der Waals surface area contributed by atoms with Gasteiger partial charge < -0.3 is 9.26 Å². The van der Waals surface area contributed by atoms with Crippen molar-refractivity contribution in [1.29, 1.82) is 0 Å². The molecule has 16 heavy (non-hydrogen) atoms. The van der Waals surface area contributed by atoms with Gasteiger partial charge in [-0.2, -0.15) is 0 Å². The van der Waals surface area contributed by atoms with E-state index in [9.17, 15) is 4.79 Å². The molecule has 0 aliphatic carbocycles. The van der Waals surface area contributed by atoms with Gasteiger partial charge in [-0.3, -0.25) is 0 Å². The lowest BCUT2D eigenvalue weighted by molar-refractivity contribution is 0.0588. The van der Waals surface area contributed by atoms with Crippen molar-refractivity contribution in [3.8, 4) is 11.3 Å². The zero-order valence-electron chi connectivity index (χ0n) is 9.06. The lowest BCUT2D eigenvalue weighted by Crippen LogP contribution is -2.03. The van der Waals surface area contributed by atoms with Crippen LogP contribution in [0.25, 0.3) is 11.3 Å². The van der Waals surface area contributed by atoms with Crippen LogP contribution in [0.2, 0.25) is 0 Å². The molecule has 0 saturated heterocycles. The Kier molecular flexibility index (Phi) is 2.72. The van der Waals surface area contributed by atoms with Crippen LogP contribution < -0.4 is 0 Å². The van der Waals surface area contributed by atoms with Gasteiger partial charge in [-0.1, -0.05) is 35.5 Å². The molecule has 0 bridgehead atoms. The van der Waals surface area contributed by atoms with E-state index < -0.39 is 5.97 Å². The average molecular weight is 217 g/mol. The number of benzene rings is 1. The molecular weight excluding hydrogens is 206 g/mol. The number of hydrogen-bond donors (Lipinski definition) is 0. The van der Waals surface area contributed by atoms with Crippen LogP contribution in [0.3, 0.4) is 0 Å². The lowest BCUT2D eigenvalue weighted by Gasteiger charge is -1.96. The number of aromatic nitrogens is 1. The molecule has 1 aromatic carbocycles. The van der Waals surface area contributed by atoms with Gasteiger partial charge in [0.15, 0.2) is 11.5 Å². The Morgan fingerprint density at radius 2 is 2.00 bits per heavy atom. The van der Waals surface area contributed by atoms with Crippen LogP contribution in [-0.2, 0) is 4.74 Å². The van der Waals surface area contributed by atoms with Gasteiger partial charge in [0.1, 0.15) is 0 Å². The molecule has 0 unspecified atom stereocenters. The Labute approximate surface area is 92.8 Å². The van der Waals surface area contributed by atoms with Crippen molar-refractivity contribution in [2.75, 3.05) is 7.11 Å². The summed E-state index contributed by atoms with van der Waals surface area (Å²) in [5.74, 6) is 0.115. The molecule has 4 nitrogen and oxygen atoms in total. The van der Waals surface area contributed by atoms with Gasteiger partial charge >= 0.3 is 5.97 Å². The van der Waals surface area contributed by atoms with E-state index in [2.05, 4.69) is 9.89 Å². The van der Waals surface area contributed by atoms with Gasteiger partial charge in [0.2, 0.25) is 0 Å². The maximum Gasteiger partial charge on any atom is 0.360 e. The minimum atomic E-state index is -0.483. The highest BCUT2D eigenvalue weighted by atomic mass is 16.5. The Morgan fingerprint density at radius 3 is 2.62 bits per heavy atom. The molecule has 0 radical (unpaired) electrons. The van der Waals surface area contributed by atoms with Crippen LogP contribution >= 0.6 is 0 Å². The molecule has 0 amide bonds. The predicted molar refractivity (Wildman–Crippen MR) is 58.0 cm³/mol.